The van der Waals surface area contributed by atoms with Gasteiger partial charge in [-0.15, -0.1) is 4.40 Å². The minimum Gasteiger partial charge on any atom is -0.379 e. The fraction of sp³-hybridized carbons (Fsp3) is 0.611. The van der Waals surface area contributed by atoms with Gasteiger partial charge >= 0.3 is 0 Å². The van der Waals surface area contributed by atoms with Gasteiger partial charge in [-0.25, -0.2) is 0 Å². The lowest BCUT2D eigenvalue weighted by atomic mass is 10.1. The number of hydrogen-bond donors (Lipinski definition) is 0. The summed E-state index contributed by atoms with van der Waals surface area (Å²) < 4.78 is 35.2. The summed E-state index contributed by atoms with van der Waals surface area (Å²) in [7, 11) is -3.69. The highest BCUT2D eigenvalue weighted by atomic mass is 32.2. The van der Waals surface area contributed by atoms with Crippen molar-refractivity contribution in [3.8, 4) is 0 Å². The Morgan fingerprint density at radius 1 is 1.04 bits per heavy atom. The van der Waals surface area contributed by atoms with Crippen LogP contribution in [0.5, 0.6) is 0 Å². The van der Waals surface area contributed by atoms with Crippen molar-refractivity contribution in [2.75, 3.05) is 45.9 Å². The lowest BCUT2D eigenvalue weighted by Crippen LogP contribution is -2.46. The minimum atomic E-state index is -3.69. The molecule has 6 nitrogen and oxygen atoms in total. The molecule has 1 aromatic carbocycles. The molecule has 0 N–H and O–H groups in total. The van der Waals surface area contributed by atoms with E-state index in [4.69, 9.17) is 4.74 Å². The Morgan fingerprint density at radius 2 is 1.68 bits per heavy atom. The first kappa shape index (κ1) is 18.4. The topological polar surface area (TPSA) is 62.2 Å². The van der Waals surface area contributed by atoms with Gasteiger partial charge in [-0.2, -0.15) is 8.42 Å². The van der Waals surface area contributed by atoms with Crippen LogP contribution >= 0.6 is 0 Å². The lowest BCUT2D eigenvalue weighted by molar-refractivity contribution is 0.0440. The zero-order valence-corrected chi connectivity index (χ0v) is 15.7. The summed E-state index contributed by atoms with van der Waals surface area (Å²) in [5, 5.41) is 0. The number of likely N-dealkylation sites (tertiary alicyclic amines) is 1. The third kappa shape index (κ3) is 5.03. The van der Waals surface area contributed by atoms with Crippen LogP contribution in [0.3, 0.4) is 0 Å². The number of hydrogen-bond acceptors (Lipinski definition) is 4. The maximum Gasteiger partial charge on any atom is 0.283 e. The largest absolute Gasteiger partial charge is 0.379 e. The number of ether oxygens (including phenoxy) is 1. The predicted molar refractivity (Wildman–Crippen MR) is 98.5 cm³/mol. The van der Waals surface area contributed by atoms with Crippen molar-refractivity contribution in [1.82, 2.24) is 9.80 Å². The number of sulfonamides is 1. The number of aryl methyl sites for hydroxylation is 1. The van der Waals surface area contributed by atoms with Crippen molar-refractivity contribution >= 4 is 15.9 Å². The molecule has 7 heteroatoms. The smallest absolute Gasteiger partial charge is 0.283 e. The second kappa shape index (κ2) is 8.29. The van der Waals surface area contributed by atoms with Gasteiger partial charge in [0.2, 0.25) is 0 Å². The molecule has 2 saturated heterocycles. The van der Waals surface area contributed by atoms with E-state index >= 15 is 0 Å². The normalized spacial score (nSPS) is 20.7. The lowest BCUT2D eigenvalue weighted by Gasteiger charge is -2.34. The standard InChI is InChI=1S/C18H27N3O3S/c1-16-5-7-17(8-6-16)25(22,23)19-18(21-9-3-2-4-10-21)15-20-11-13-24-14-12-20/h5-8H,2-4,9-15H2,1H3/b19-18-. The molecule has 2 aliphatic rings. The molecule has 0 spiro atoms. The second-order valence-electron chi connectivity index (χ2n) is 6.73. The van der Waals surface area contributed by atoms with Gasteiger partial charge in [-0.1, -0.05) is 17.7 Å². The van der Waals surface area contributed by atoms with Crippen molar-refractivity contribution in [2.24, 2.45) is 4.40 Å². The molecular formula is C18H27N3O3S. The summed E-state index contributed by atoms with van der Waals surface area (Å²) in [5.41, 5.74) is 1.03. The maximum atomic E-state index is 12.8. The molecular weight excluding hydrogens is 338 g/mol. The number of rotatable bonds is 4. The van der Waals surface area contributed by atoms with Crippen LogP contribution in [0, 0.1) is 6.92 Å². The molecule has 0 amide bonds. The van der Waals surface area contributed by atoms with Crippen molar-refractivity contribution < 1.29 is 13.2 Å². The number of amidine groups is 1. The average Bonchev–Trinajstić information content (AvgIpc) is 2.63. The van der Waals surface area contributed by atoms with Crippen molar-refractivity contribution in [1.29, 1.82) is 0 Å². The predicted octanol–water partition coefficient (Wildman–Crippen LogP) is 1.90. The van der Waals surface area contributed by atoms with Gasteiger partial charge in [0.25, 0.3) is 10.0 Å². The molecule has 0 bridgehead atoms. The zero-order chi connectivity index (χ0) is 17.7. The Morgan fingerprint density at radius 3 is 2.32 bits per heavy atom. The van der Waals surface area contributed by atoms with Gasteiger partial charge in [-0.3, -0.25) is 4.90 Å². The average molecular weight is 365 g/mol. The van der Waals surface area contributed by atoms with Crippen LogP contribution in [-0.2, 0) is 14.8 Å². The first-order valence-electron chi connectivity index (χ1n) is 9.00. The molecule has 0 aromatic heterocycles. The molecule has 0 saturated carbocycles. The van der Waals surface area contributed by atoms with E-state index < -0.39 is 10.0 Å². The van der Waals surface area contributed by atoms with Crippen LogP contribution in [0.25, 0.3) is 0 Å². The van der Waals surface area contributed by atoms with Crippen LogP contribution in [0.15, 0.2) is 33.6 Å². The van der Waals surface area contributed by atoms with E-state index in [1.165, 1.54) is 6.42 Å². The van der Waals surface area contributed by atoms with Crippen molar-refractivity contribution in [3.63, 3.8) is 0 Å². The first-order chi connectivity index (χ1) is 12.0. The molecule has 2 heterocycles. The summed E-state index contributed by atoms with van der Waals surface area (Å²) >= 11 is 0. The molecule has 0 unspecified atom stereocenters. The third-order valence-electron chi connectivity index (χ3n) is 4.73. The SMILES string of the molecule is Cc1ccc(S(=O)(=O)/N=C(/CN2CCOCC2)N2CCCCC2)cc1. The Labute approximate surface area is 150 Å². The van der Waals surface area contributed by atoms with Gasteiger partial charge in [0.15, 0.2) is 0 Å². The Balaban J connectivity index is 1.85. The maximum absolute atomic E-state index is 12.8. The molecule has 138 valence electrons. The number of benzene rings is 1. The molecule has 2 fully saturated rings. The van der Waals surface area contributed by atoms with E-state index in [0.717, 1.165) is 44.6 Å². The molecule has 2 aliphatic heterocycles. The summed E-state index contributed by atoms with van der Waals surface area (Å²) in [5.74, 6) is 0.669. The molecule has 1 aromatic rings. The molecule has 3 rings (SSSR count). The van der Waals surface area contributed by atoms with Crippen LogP contribution in [0.2, 0.25) is 0 Å². The fourth-order valence-electron chi connectivity index (χ4n) is 3.20. The Bertz CT molecular complexity index is 689. The summed E-state index contributed by atoms with van der Waals surface area (Å²) in [6.07, 6.45) is 3.38. The van der Waals surface area contributed by atoms with Crippen molar-refractivity contribution in [3.05, 3.63) is 29.8 Å². The van der Waals surface area contributed by atoms with Crippen LogP contribution in [0.4, 0.5) is 0 Å². The highest BCUT2D eigenvalue weighted by Crippen LogP contribution is 2.17. The van der Waals surface area contributed by atoms with Crippen LogP contribution < -0.4 is 0 Å². The van der Waals surface area contributed by atoms with E-state index in [2.05, 4.69) is 14.2 Å². The Kier molecular flexibility index (Phi) is 6.09. The zero-order valence-electron chi connectivity index (χ0n) is 14.9. The van der Waals surface area contributed by atoms with Gasteiger partial charge < -0.3 is 9.64 Å². The summed E-state index contributed by atoms with van der Waals surface area (Å²) in [6, 6.07) is 6.89. The summed E-state index contributed by atoms with van der Waals surface area (Å²) in [4.78, 5) is 4.63. The number of morpholine rings is 1. The quantitative estimate of drug-likeness (QED) is 0.602. The Hall–Kier alpha value is -1.44. The molecule has 0 radical (unpaired) electrons. The van der Waals surface area contributed by atoms with Gasteiger partial charge in [0, 0.05) is 26.2 Å². The fourth-order valence-corrected chi connectivity index (χ4v) is 4.24. The van der Waals surface area contributed by atoms with Gasteiger partial charge in [0.05, 0.1) is 24.7 Å². The highest BCUT2D eigenvalue weighted by molar-refractivity contribution is 7.90. The number of nitrogens with zero attached hydrogens (tertiary/aromatic N) is 3. The first-order valence-corrected chi connectivity index (χ1v) is 10.4. The molecule has 25 heavy (non-hydrogen) atoms. The molecule has 0 aliphatic carbocycles. The monoisotopic (exact) mass is 365 g/mol. The van der Waals surface area contributed by atoms with Gasteiger partial charge in [-0.05, 0) is 38.3 Å². The third-order valence-corrected chi connectivity index (χ3v) is 6.05. The van der Waals surface area contributed by atoms with E-state index in [9.17, 15) is 8.42 Å². The van der Waals surface area contributed by atoms with E-state index in [0.29, 0.717) is 25.6 Å². The minimum absolute atomic E-state index is 0.259. The van der Waals surface area contributed by atoms with E-state index in [1.54, 1.807) is 12.1 Å². The van der Waals surface area contributed by atoms with E-state index in [1.807, 2.05) is 19.1 Å². The highest BCUT2D eigenvalue weighted by Gasteiger charge is 2.23. The van der Waals surface area contributed by atoms with Crippen molar-refractivity contribution in [2.45, 2.75) is 31.1 Å². The molecule has 0 atom stereocenters. The van der Waals surface area contributed by atoms with Gasteiger partial charge in [0.1, 0.15) is 5.84 Å². The number of piperidine rings is 1. The summed E-state index contributed by atoms with van der Waals surface area (Å²) in [6.45, 7) is 7.29. The van der Waals surface area contributed by atoms with Crippen LogP contribution in [0.1, 0.15) is 24.8 Å². The van der Waals surface area contributed by atoms with E-state index in [-0.39, 0.29) is 4.90 Å². The van der Waals surface area contributed by atoms with Crippen LogP contribution in [-0.4, -0.2) is 70.0 Å². The second-order valence-corrected chi connectivity index (χ2v) is 8.34.